The second kappa shape index (κ2) is 4.57. The number of aryl methyl sites for hydroxylation is 1. The molecule has 98 valence electrons. The predicted molar refractivity (Wildman–Crippen MR) is 71.6 cm³/mol. The van der Waals surface area contributed by atoms with Crippen molar-refractivity contribution < 1.29 is 4.92 Å². The molecule has 0 saturated heterocycles. The minimum Gasteiger partial charge on any atom is -0.378 e. The van der Waals surface area contributed by atoms with Gasteiger partial charge < -0.3 is 11.1 Å². The second-order valence-electron chi connectivity index (χ2n) is 5.28. The van der Waals surface area contributed by atoms with Crippen LogP contribution in [0.3, 0.4) is 0 Å². The van der Waals surface area contributed by atoms with Crippen LogP contribution in [-0.4, -0.2) is 17.0 Å². The van der Waals surface area contributed by atoms with E-state index in [9.17, 15) is 10.1 Å². The molecular formula is C13H19N3O2. The van der Waals surface area contributed by atoms with Gasteiger partial charge in [-0.05, 0) is 38.7 Å². The first kappa shape index (κ1) is 12.8. The van der Waals surface area contributed by atoms with E-state index in [1.807, 2.05) is 6.07 Å². The van der Waals surface area contributed by atoms with Gasteiger partial charge in [-0.15, -0.1) is 0 Å². The summed E-state index contributed by atoms with van der Waals surface area (Å²) in [5.41, 5.74) is 7.26. The molecule has 1 aliphatic carbocycles. The minimum atomic E-state index is -0.350. The van der Waals surface area contributed by atoms with Crippen molar-refractivity contribution in [2.75, 3.05) is 11.9 Å². The molecule has 3 N–H and O–H groups in total. The number of nitrogens with zero attached hydrogens (tertiary/aromatic N) is 1. The number of anilines is 1. The molecule has 1 aliphatic rings. The summed E-state index contributed by atoms with van der Waals surface area (Å²) >= 11 is 0. The SMILES string of the molecule is Cc1ccc(NC(C)(CN)C2CC2)cc1[N+](=O)[O-]. The van der Waals surface area contributed by atoms with E-state index in [1.165, 1.54) is 12.8 Å². The van der Waals surface area contributed by atoms with Gasteiger partial charge in [-0.1, -0.05) is 6.07 Å². The van der Waals surface area contributed by atoms with Crippen molar-refractivity contribution in [1.82, 2.24) is 0 Å². The number of nitro benzene ring substituents is 1. The molecule has 1 unspecified atom stereocenters. The Morgan fingerprint density at radius 2 is 2.22 bits per heavy atom. The molecule has 5 heteroatoms. The molecule has 0 radical (unpaired) electrons. The number of rotatable bonds is 5. The van der Waals surface area contributed by atoms with Crippen LogP contribution in [0.15, 0.2) is 18.2 Å². The maximum Gasteiger partial charge on any atom is 0.274 e. The molecule has 1 fully saturated rings. The quantitative estimate of drug-likeness (QED) is 0.620. The molecule has 0 aliphatic heterocycles. The van der Waals surface area contributed by atoms with Crippen LogP contribution in [-0.2, 0) is 0 Å². The van der Waals surface area contributed by atoms with Gasteiger partial charge in [0.05, 0.1) is 4.92 Å². The Hall–Kier alpha value is -1.62. The smallest absolute Gasteiger partial charge is 0.274 e. The first-order chi connectivity index (χ1) is 8.46. The molecule has 0 bridgehead atoms. The minimum absolute atomic E-state index is 0.148. The Morgan fingerprint density at radius 1 is 1.56 bits per heavy atom. The number of nitro groups is 1. The summed E-state index contributed by atoms with van der Waals surface area (Å²) in [5, 5.41) is 14.3. The van der Waals surface area contributed by atoms with E-state index in [-0.39, 0.29) is 16.1 Å². The lowest BCUT2D eigenvalue weighted by molar-refractivity contribution is -0.385. The fraction of sp³-hybridized carbons (Fsp3) is 0.538. The van der Waals surface area contributed by atoms with Crippen molar-refractivity contribution in [3.63, 3.8) is 0 Å². The van der Waals surface area contributed by atoms with Gasteiger partial charge in [0.2, 0.25) is 0 Å². The summed E-state index contributed by atoms with van der Waals surface area (Å²) in [7, 11) is 0. The predicted octanol–water partition coefficient (Wildman–Crippen LogP) is 2.44. The van der Waals surface area contributed by atoms with Crippen LogP contribution in [0.25, 0.3) is 0 Å². The van der Waals surface area contributed by atoms with Crippen molar-refractivity contribution in [2.24, 2.45) is 11.7 Å². The molecule has 0 amide bonds. The van der Waals surface area contributed by atoms with Crippen molar-refractivity contribution in [1.29, 1.82) is 0 Å². The molecule has 1 aromatic carbocycles. The van der Waals surface area contributed by atoms with E-state index in [0.717, 1.165) is 5.69 Å². The first-order valence-electron chi connectivity index (χ1n) is 6.19. The monoisotopic (exact) mass is 249 g/mol. The molecule has 2 rings (SSSR count). The van der Waals surface area contributed by atoms with E-state index in [4.69, 9.17) is 5.73 Å². The van der Waals surface area contributed by atoms with Gasteiger partial charge in [0.1, 0.15) is 0 Å². The van der Waals surface area contributed by atoms with E-state index in [2.05, 4.69) is 12.2 Å². The fourth-order valence-corrected chi connectivity index (χ4v) is 2.25. The first-order valence-corrected chi connectivity index (χ1v) is 6.19. The molecule has 1 aromatic rings. The van der Waals surface area contributed by atoms with Crippen LogP contribution in [0.1, 0.15) is 25.3 Å². The summed E-state index contributed by atoms with van der Waals surface area (Å²) in [6.07, 6.45) is 2.35. The van der Waals surface area contributed by atoms with E-state index < -0.39 is 0 Å². The number of nitrogens with one attached hydrogen (secondary N) is 1. The lowest BCUT2D eigenvalue weighted by Gasteiger charge is -2.30. The largest absolute Gasteiger partial charge is 0.378 e. The summed E-state index contributed by atoms with van der Waals surface area (Å²) < 4.78 is 0. The lowest BCUT2D eigenvalue weighted by Crippen LogP contribution is -2.44. The average Bonchev–Trinajstić information content (AvgIpc) is 3.15. The molecule has 5 nitrogen and oxygen atoms in total. The van der Waals surface area contributed by atoms with Gasteiger partial charge in [-0.25, -0.2) is 0 Å². The van der Waals surface area contributed by atoms with Crippen molar-refractivity contribution in [3.05, 3.63) is 33.9 Å². The number of hydrogen-bond acceptors (Lipinski definition) is 4. The Labute approximate surface area is 107 Å². The van der Waals surface area contributed by atoms with E-state index in [1.54, 1.807) is 19.1 Å². The molecular weight excluding hydrogens is 230 g/mol. The Morgan fingerprint density at radius 3 is 2.72 bits per heavy atom. The Balaban J connectivity index is 2.23. The summed E-state index contributed by atoms with van der Waals surface area (Å²) in [6.45, 7) is 4.35. The van der Waals surface area contributed by atoms with Crippen molar-refractivity contribution in [3.8, 4) is 0 Å². The highest BCUT2D eigenvalue weighted by Crippen LogP contribution is 2.41. The lowest BCUT2D eigenvalue weighted by atomic mass is 9.95. The third-order valence-electron chi connectivity index (χ3n) is 3.74. The zero-order valence-electron chi connectivity index (χ0n) is 10.8. The standard InChI is InChI=1S/C13H19N3O2/c1-9-3-6-11(7-12(9)16(17)18)15-13(2,8-14)10-4-5-10/h3,6-7,10,15H,4-5,8,14H2,1-2H3. The highest BCUT2D eigenvalue weighted by atomic mass is 16.6. The van der Waals surface area contributed by atoms with E-state index >= 15 is 0 Å². The number of nitrogens with two attached hydrogens (primary N) is 1. The third-order valence-corrected chi connectivity index (χ3v) is 3.74. The van der Waals surface area contributed by atoms with Crippen LogP contribution in [0.5, 0.6) is 0 Å². The van der Waals surface area contributed by atoms with Crippen LogP contribution in [0, 0.1) is 23.0 Å². The summed E-state index contributed by atoms with van der Waals surface area (Å²) in [6, 6.07) is 5.23. The molecule has 1 atom stereocenters. The molecule has 18 heavy (non-hydrogen) atoms. The molecule has 0 heterocycles. The maximum atomic E-state index is 10.9. The average molecular weight is 249 g/mol. The van der Waals surface area contributed by atoms with Gasteiger partial charge in [0, 0.05) is 29.4 Å². The highest BCUT2D eigenvalue weighted by molar-refractivity contribution is 5.56. The van der Waals surface area contributed by atoms with Crippen molar-refractivity contribution >= 4 is 11.4 Å². The maximum absolute atomic E-state index is 10.9. The molecule has 1 saturated carbocycles. The van der Waals surface area contributed by atoms with Gasteiger partial charge in [0.25, 0.3) is 5.69 Å². The van der Waals surface area contributed by atoms with Gasteiger partial charge >= 0.3 is 0 Å². The van der Waals surface area contributed by atoms with Gasteiger partial charge in [0.15, 0.2) is 0 Å². The Bertz CT molecular complexity index is 471. The van der Waals surface area contributed by atoms with Crippen LogP contribution < -0.4 is 11.1 Å². The summed E-state index contributed by atoms with van der Waals surface area (Å²) in [4.78, 5) is 10.6. The van der Waals surface area contributed by atoms with Gasteiger partial charge in [-0.2, -0.15) is 0 Å². The summed E-state index contributed by atoms with van der Waals surface area (Å²) in [5.74, 6) is 0.572. The third kappa shape index (κ3) is 2.46. The number of hydrogen-bond donors (Lipinski definition) is 2. The Kier molecular flexibility index (Phi) is 3.26. The zero-order valence-corrected chi connectivity index (χ0v) is 10.8. The van der Waals surface area contributed by atoms with Gasteiger partial charge in [-0.3, -0.25) is 10.1 Å². The van der Waals surface area contributed by atoms with Crippen LogP contribution in [0.2, 0.25) is 0 Å². The zero-order chi connectivity index (χ0) is 13.3. The van der Waals surface area contributed by atoms with Crippen LogP contribution in [0.4, 0.5) is 11.4 Å². The highest BCUT2D eigenvalue weighted by Gasteiger charge is 2.40. The van der Waals surface area contributed by atoms with E-state index in [0.29, 0.717) is 18.0 Å². The van der Waals surface area contributed by atoms with Crippen LogP contribution >= 0.6 is 0 Å². The second-order valence-corrected chi connectivity index (χ2v) is 5.28. The number of benzene rings is 1. The molecule has 0 spiro atoms. The van der Waals surface area contributed by atoms with Crippen molar-refractivity contribution in [2.45, 2.75) is 32.2 Å². The normalized spacial score (nSPS) is 18.2. The topological polar surface area (TPSA) is 81.2 Å². The molecule has 0 aromatic heterocycles. The fourth-order valence-electron chi connectivity index (χ4n) is 2.25.